The smallest absolute Gasteiger partial charge is 0.157 e. The van der Waals surface area contributed by atoms with Gasteiger partial charge in [-0.2, -0.15) is 5.26 Å². The zero-order valence-corrected chi connectivity index (χ0v) is 18.8. The van der Waals surface area contributed by atoms with E-state index in [4.69, 9.17) is 32.7 Å². The van der Waals surface area contributed by atoms with Crippen molar-refractivity contribution in [3.05, 3.63) is 106 Å². The summed E-state index contributed by atoms with van der Waals surface area (Å²) in [5.74, 6) is 1.14. The summed E-state index contributed by atoms with van der Waals surface area (Å²) in [7, 11) is 1.60. The average molecular weight is 460 g/mol. The summed E-state index contributed by atoms with van der Waals surface area (Å²) in [6, 6.07) is 27.2. The van der Waals surface area contributed by atoms with Crippen LogP contribution in [0.25, 0.3) is 22.4 Å². The van der Waals surface area contributed by atoms with E-state index in [1.807, 2.05) is 48.5 Å². The molecule has 5 heteroatoms. The van der Waals surface area contributed by atoms with Crippen LogP contribution < -0.4 is 9.47 Å². The Morgan fingerprint density at radius 1 is 0.938 bits per heavy atom. The fourth-order valence-electron chi connectivity index (χ4n) is 3.49. The first-order valence-corrected chi connectivity index (χ1v) is 10.7. The van der Waals surface area contributed by atoms with Gasteiger partial charge in [0.05, 0.1) is 28.8 Å². The van der Waals surface area contributed by atoms with Crippen LogP contribution in [0.15, 0.2) is 78.9 Å². The summed E-state index contributed by atoms with van der Waals surface area (Å²) in [4.78, 5) is 0. The van der Waals surface area contributed by atoms with Gasteiger partial charge in [0.2, 0.25) is 0 Å². The third-order valence-electron chi connectivity index (χ3n) is 5.11. The van der Waals surface area contributed by atoms with Crippen LogP contribution in [-0.4, -0.2) is 7.11 Å². The molecule has 4 aromatic rings. The van der Waals surface area contributed by atoms with Gasteiger partial charge in [-0.15, -0.1) is 0 Å². The van der Waals surface area contributed by atoms with Crippen LogP contribution in [0.2, 0.25) is 10.0 Å². The van der Waals surface area contributed by atoms with Gasteiger partial charge in [-0.3, -0.25) is 0 Å². The molecule has 0 aromatic heterocycles. The Morgan fingerprint density at radius 3 is 2.31 bits per heavy atom. The number of rotatable bonds is 6. The van der Waals surface area contributed by atoms with Crippen molar-refractivity contribution < 1.29 is 9.47 Å². The molecule has 0 saturated heterocycles. The first kappa shape index (κ1) is 21.8. The third-order valence-corrected chi connectivity index (χ3v) is 5.67. The average Bonchev–Trinajstić information content (AvgIpc) is 2.82. The van der Waals surface area contributed by atoms with Crippen molar-refractivity contribution in [1.29, 1.82) is 5.26 Å². The van der Waals surface area contributed by atoms with Crippen LogP contribution in [-0.2, 0) is 6.61 Å². The topological polar surface area (TPSA) is 42.2 Å². The predicted molar refractivity (Wildman–Crippen MR) is 131 cm³/mol. The van der Waals surface area contributed by atoms with Gasteiger partial charge in [-0.05, 0) is 69.9 Å². The molecule has 0 aliphatic rings. The van der Waals surface area contributed by atoms with E-state index in [0.29, 0.717) is 33.5 Å². The monoisotopic (exact) mass is 459 g/mol. The third kappa shape index (κ3) is 4.73. The summed E-state index contributed by atoms with van der Waals surface area (Å²) < 4.78 is 11.2. The quantitative estimate of drug-likeness (QED) is 0.218. The van der Waals surface area contributed by atoms with Gasteiger partial charge in [0.1, 0.15) is 12.4 Å². The zero-order chi connectivity index (χ0) is 22.5. The number of allylic oxidation sites excluding steroid dienone is 1. The molecule has 32 heavy (non-hydrogen) atoms. The van der Waals surface area contributed by atoms with Gasteiger partial charge in [-0.1, -0.05) is 65.7 Å². The molecule has 158 valence electrons. The van der Waals surface area contributed by atoms with Crippen LogP contribution in [0.5, 0.6) is 11.5 Å². The second kappa shape index (κ2) is 9.78. The van der Waals surface area contributed by atoms with Crippen molar-refractivity contribution >= 4 is 45.6 Å². The van der Waals surface area contributed by atoms with Gasteiger partial charge in [0, 0.05) is 0 Å². The van der Waals surface area contributed by atoms with E-state index in [1.165, 1.54) is 0 Å². The minimum atomic E-state index is 0.339. The van der Waals surface area contributed by atoms with E-state index >= 15 is 0 Å². The molecule has 0 heterocycles. The molecule has 0 N–H and O–H groups in total. The van der Waals surface area contributed by atoms with Gasteiger partial charge >= 0.3 is 0 Å². The molecule has 0 atom stereocenters. The maximum Gasteiger partial charge on any atom is 0.157 e. The van der Waals surface area contributed by atoms with E-state index < -0.39 is 0 Å². The van der Waals surface area contributed by atoms with Gasteiger partial charge in [0.25, 0.3) is 0 Å². The van der Waals surface area contributed by atoms with Crippen LogP contribution in [0.4, 0.5) is 0 Å². The Kier molecular flexibility index (Phi) is 6.66. The Labute approximate surface area is 197 Å². The molecule has 0 saturated carbocycles. The largest absolute Gasteiger partial charge is 0.497 e. The van der Waals surface area contributed by atoms with E-state index in [9.17, 15) is 5.26 Å². The van der Waals surface area contributed by atoms with Crippen molar-refractivity contribution in [1.82, 2.24) is 0 Å². The summed E-state index contributed by atoms with van der Waals surface area (Å²) >= 11 is 13.0. The molecule has 4 aromatic carbocycles. The first-order valence-electron chi connectivity index (χ1n) is 9.94. The van der Waals surface area contributed by atoms with Crippen molar-refractivity contribution in [3.63, 3.8) is 0 Å². The highest BCUT2D eigenvalue weighted by molar-refractivity contribution is 6.37. The number of nitrogens with zero attached hydrogens (tertiary/aromatic N) is 1. The highest BCUT2D eigenvalue weighted by atomic mass is 35.5. The van der Waals surface area contributed by atoms with Gasteiger partial charge in [0.15, 0.2) is 5.75 Å². The number of fused-ring (bicyclic) bond motifs is 1. The fourth-order valence-corrected chi connectivity index (χ4v) is 4.10. The summed E-state index contributed by atoms with van der Waals surface area (Å²) in [5.41, 5.74) is 3.02. The number of halogens is 2. The Balaban J connectivity index is 1.58. The molecule has 4 rings (SSSR count). The molecule has 0 spiro atoms. The van der Waals surface area contributed by atoms with Crippen LogP contribution in [0.1, 0.15) is 16.7 Å². The maximum absolute atomic E-state index is 9.62. The Hall–Kier alpha value is -3.45. The number of methoxy groups -OCH3 is 1. The lowest BCUT2D eigenvalue weighted by Gasteiger charge is -2.13. The van der Waals surface area contributed by atoms with Crippen molar-refractivity contribution in [3.8, 4) is 17.6 Å². The Morgan fingerprint density at radius 2 is 1.62 bits per heavy atom. The molecule has 0 aliphatic carbocycles. The lowest BCUT2D eigenvalue weighted by molar-refractivity contribution is 0.308. The standard InChI is InChI=1S/C27H19Cl2NO2/c1-31-23-11-9-19(10-12-23)22(16-30)13-18-14-25(28)27(26(29)15-18)32-17-21-7-4-6-20-5-2-3-8-24(20)21/h2-15H,17H2,1H3/b22-13+. The van der Waals surface area contributed by atoms with E-state index in [-0.39, 0.29) is 0 Å². The maximum atomic E-state index is 9.62. The minimum absolute atomic E-state index is 0.339. The molecule has 0 aliphatic heterocycles. The summed E-state index contributed by atoms with van der Waals surface area (Å²) in [5, 5.41) is 12.7. The second-order valence-corrected chi connectivity index (χ2v) is 7.95. The SMILES string of the molecule is COc1ccc(/C(C#N)=C/c2cc(Cl)c(OCc3cccc4ccccc34)c(Cl)c2)cc1. The van der Waals surface area contributed by atoms with Crippen molar-refractivity contribution in [2.45, 2.75) is 6.61 Å². The molecule has 0 amide bonds. The molecular weight excluding hydrogens is 441 g/mol. The number of benzene rings is 4. The highest BCUT2D eigenvalue weighted by Gasteiger charge is 2.12. The molecular formula is C27H19Cl2NO2. The number of hydrogen-bond acceptors (Lipinski definition) is 3. The van der Waals surface area contributed by atoms with Gasteiger partial charge in [-0.25, -0.2) is 0 Å². The Bertz CT molecular complexity index is 1310. The molecule has 0 fully saturated rings. The van der Waals surface area contributed by atoms with Crippen LogP contribution >= 0.6 is 23.2 Å². The van der Waals surface area contributed by atoms with Crippen LogP contribution in [0, 0.1) is 11.3 Å². The molecule has 0 bridgehead atoms. The molecule has 0 radical (unpaired) electrons. The second-order valence-electron chi connectivity index (χ2n) is 7.14. The van der Waals surface area contributed by atoms with Crippen molar-refractivity contribution in [2.24, 2.45) is 0 Å². The van der Waals surface area contributed by atoms with E-state index in [2.05, 4.69) is 24.3 Å². The molecule has 0 unspecified atom stereocenters. The van der Waals surface area contributed by atoms with E-state index in [1.54, 1.807) is 25.3 Å². The molecule has 3 nitrogen and oxygen atoms in total. The zero-order valence-electron chi connectivity index (χ0n) is 17.3. The van der Waals surface area contributed by atoms with Gasteiger partial charge < -0.3 is 9.47 Å². The van der Waals surface area contributed by atoms with Crippen molar-refractivity contribution in [2.75, 3.05) is 7.11 Å². The number of ether oxygens (including phenoxy) is 2. The predicted octanol–water partition coefficient (Wildman–Crippen LogP) is 7.80. The number of hydrogen-bond donors (Lipinski definition) is 0. The fraction of sp³-hybridized carbons (Fsp3) is 0.0741. The minimum Gasteiger partial charge on any atom is -0.497 e. The lowest BCUT2D eigenvalue weighted by atomic mass is 10.0. The normalized spacial score (nSPS) is 11.2. The van der Waals surface area contributed by atoms with Crippen LogP contribution in [0.3, 0.4) is 0 Å². The summed E-state index contributed by atoms with van der Waals surface area (Å²) in [6.45, 7) is 0.339. The van der Waals surface area contributed by atoms with E-state index in [0.717, 1.165) is 27.6 Å². The highest BCUT2D eigenvalue weighted by Crippen LogP contribution is 2.36. The summed E-state index contributed by atoms with van der Waals surface area (Å²) in [6.07, 6.45) is 1.74. The first-order chi connectivity index (χ1) is 15.6. The number of nitriles is 1. The lowest BCUT2D eigenvalue weighted by Crippen LogP contribution is -1.98.